The number of benzene rings is 2. The highest BCUT2D eigenvalue weighted by Crippen LogP contribution is 2.47. The van der Waals surface area contributed by atoms with Crippen molar-refractivity contribution in [3.63, 3.8) is 0 Å². The zero-order valence-corrected chi connectivity index (χ0v) is 21.2. The molecule has 0 aliphatic carbocycles. The van der Waals surface area contributed by atoms with E-state index in [0.29, 0.717) is 15.1 Å². The van der Waals surface area contributed by atoms with E-state index in [0.717, 1.165) is 28.1 Å². The predicted octanol–water partition coefficient (Wildman–Crippen LogP) is 2.68. The molecule has 2 aromatic carbocycles. The lowest BCUT2D eigenvalue weighted by atomic mass is 9.80. The first-order chi connectivity index (χ1) is 17.3. The Bertz CT molecular complexity index is 1720. The molecule has 2 aliphatic rings. The van der Waals surface area contributed by atoms with Gasteiger partial charge in [0.1, 0.15) is 11.7 Å². The number of rotatable bonds is 3. The SMILES string of the molecule is Cc1ccccc1NC(=O)[C@@H]1[C@H]2c3ccccc3O[C@@]1(C)N=c1sc(=Cc3cnn(C)c3C)c(=O)n12. The Morgan fingerprint density at radius 1 is 1.17 bits per heavy atom. The van der Waals surface area contributed by atoms with Crippen LogP contribution in [-0.2, 0) is 11.8 Å². The average molecular weight is 500 g/mol. The lowest BCUT2D eigenvalue weighted by molar-refractivity contribution is -0.131. The molecule has 3 atom stereocenters. The minimum atomic E-state index is -1.18. The van der Waals surface area contributed by atoms with E-state index in [-0.39, 0.29) is 11.5 Å². The van der Waals surface area contributed by atoms with Crippen LogP contribution in [-0.4, -0.2) is 26.0 Å². The summed E-state index contributed by atoms with van der Waals surface area (Å²) in [5.74, 6) is -0.363. The summed E-state index contributed by atoms with van der Waals surface area (Å²) in [7, 11) is 1.87. The van der Waals surface area contributed by atoms with Crippen molar-refractivity contribution in [1.29, 1.82) is 0 Å². The number of aryl methyl sites for hydroxylation is 2. The molecule has 6 rings (SSSR count). The van der Waals surface area contributed by atoms with Gasteiger partial charge in [0.15, 0.2) is 4.80 Å². The maximum absolute atomic E-state index is 13.8. The number of ether oxygens (including phenoxy) is 1. The van der Waals surface area contributed by atoms with Gasteiger partial charge in [-0.2, -0.15) is 5.10 Å². The van der Waals surface area contributed by atoms with Gasteiger partial charge in [-0.1, -0.05) is 47.7 Å². The summed E-state index contributed by atoms with van der Waals surface area (Å²) in [5.41, 5.74) is 2.94. The summed E-state index contributed by atoms with van der Waals surface area (Å²) in [4.78, 5) is 33.1. The van der Waals surface area contributed by atoms with Crippen LogP contribution in [0.25, 0.3) is 6.08 Å². The molecule has 1 N–H and O–H groups in total. The molecule has 0 saturated carbocycles. The Kier molecular flexibility index (Phi) is 5.01. The van der Waals surface area contributed by atoms with Gasteiger partial charge in [-0.3, -0.25) is 18.8 Å². The molecule has 4 heterocycles. The van der Waals surface area contributed by atoms with Gasteiger partial charge in [0.2, 0.25) is 11.6 Å². The van der Waals surface area contributed by atoms with E-state index in [1.54, 1.807) is 15.4 Å². The number of hydrogen-bond donors (Lipinski definition) is 1. The number of hydrogen-bond acceptors (Lipinski definition) is 6. The van der Waals surface area contributed by atoms with Gasteiger partial charge in [-0.15, -0.1) is 0 Å². The summed E-state index contributed by atoms with van der Waals surface area (Å²) in [6.45, 7) is 5.72. The summed E-state index contributed by atoms with van der Waals surface area (Å²) in [5, 5.41) is 7.35. The number of carbonyl (C=O) groups excluding carboxylic acids is 1. The van der Waals surface area contributed by atoms with Crippen LogP contribution in [0.3, 0.4) is 0 Å². The van der Waals surface area contributed by atoms with Gasteiger partial charge in [0.25, 0.3) is 5.56 Å². The van der Waals surface area contributed by atoms with Gasteiger partial charge in [-0.05, 0) is 44.5 Å². The van der Waals surface area contributed by atoms with Crippen molar-refractivity contribution in [3.8, 4) is 5.75 Å². The molecule has 182 valence electrons. The van der Waals surface area contributed by atoms with Crippen molar-refractivity contribution in [2.45, 2.75) is 32.5 Å². The minimum absolute atomic E-state index is 0.181. The molecule has 36 heavy (non-hydrogen) atoms. The van der Waals surface area contributed by atoms with Crippen LogP contribution in [0.5, 0.6) is 5.75 Å². The Balaban J connectivity index is 1.55. The molecule has 8 nitrogen and oxygen atoms in total. The molecule has 2 bridgehead atoms. The fourth-order valence-corrected chi connectivity index (χ4v) is 6.16. The number of nitrogens with one attached hydrogen (secondary N) is 1. The van der Waals surface area contributed by atoms with Gasteiger partial charge in [0.05, 0.1) is 16.8 Å². The van der Waals surface area contributed by atoms with Crippen LogP contribution in [0.2, 0.25) is 0 Å². The van der Waals surface area contributed by atoms with E-state index in [1.165, 1.54) is 11.3 Å². The fourth-order valence-electron chi connectivity index (χ4n) is 5.07. The first-order valence-corrected chi connectivity index (χ1v) is 12.5. The zero-order chi connectivity index (χ0) is 25.2. The predicted molar refractivity (Wildman–Crippen MR) is 138 cm³/mol. The standard InChI is InChI=1S/C27H25N5O3S/c1-15-9-5-7-11-19(15)29-24(33)22-23-18-10-6-8-12-20(18)35-27(22,3)30-26-32(23)25(34)21(36-26)13-17-14-28-31(4)16(17)2/h5-14,22-23H,1-4H3,(H,29,33)/t22-,23+,27+/m0/s1. The van der Waals surface area contributed by atoms with E-state index in [1.807, 2.05) is 82.4 Å². The van der Waals surface area contributed by atoms with Crippen LogP contribution < -0.4 is 24.9 Å². The van der Waals surface area contributed by atoms with Crippen LogP contribution >= 0.6 is 11.3 Å². The number of nitrogens with zero attached hydrogens (tertiary/aromatic N) is 4. The third-order valence-corrected chi connectivity index (χ3v) is 8.11. The van der Waals surface area contributed by atoms with Gasteiger partial charge < -0.3 is 10.1 Å². The molecule has 9 heteroatoms. The molecule has 0 spiro atoms. The fraction of sp³-hybridized carbons (Fsp3) is 0.259. The van der Waals surface area contributed by atoms with Crippen LogP contribution in [0.4, 0.5) is 5.69 Å². The summed E-state index contributed by atoms with van der Waals surface area (Å²) >= 11 is 1.30. The lowest BCUT2D eigenvalue weighted by Gasteiger charge is -2.45. The van der Waals surface area contributed by atoms with Gasteiger partial charge >= 0.3 is 0 Å². The van der Waals surface area contributed by atoms with Gasteiger partial charge in [0, 0.05) is 29.6 Å². The highest BCUT2D eigenvalue weighted by atomic mass is 32.1. The molecule has 2 aromatic heterocycles. The summed E-state index contributed by atoms with van der Waals surface area (Å²) in [6.07, 6.45) is 3.59. The molecular weight excluding hydrogens is 474 g/mol. The van der Waals surface area contributed by atoms with Crippen molar-refractivity contribution >= 4 is 29.0 Å². The van der Waals surface area contributed by atoms with Crippen molar-refractivity contribution < 1.29 is 9.53 Å². The molecule has 4 aromatic rings. The van der Waals surface area contributed by atoms with Crippen LogP contribution in [0.15, 0.2) is 64.5 Å². The number of amides is 1. The lowest BCUT2D eigenvalue weighted by Crippen LogP contribution is -2.59. The van der Waals surface area contributed by atoms with Crippen molar-refractivity contribution in [2.24, 2.45) is 18.0 Å². The molecular formula is C27H25N5O3S. The second-order valence-corrected chi connectivity index (χ2v) is 10.4. The molecule has 0 unspecified atom stereocenters. The number of aromatic nitrogens is 3. The second-order valence-electron chi connectivity index (χ2n) is 9.41. The monoisotopic (exact) mass is 499 g/mol. The topological polar surface area (TPSA) is 90.5 Å². The highest BCUT2D eigenvalue weighted by molar-refractivity contribution is 7.07. The van der Waals surface area contributed by atoms with Crippen molar-refractivity contribution in [3.05, 3.63) is 96.8 Å². The Labute approximate surface area is 211 Å². The minimum Gasteiger partial charge on any atom is -0.465 e. The van der Waals surface area contributed by atoms with Crippen LogP contribution in [0.1, 0.15) is 35.3 Å². The maximum atomic E-state index is 13.8. The van der Waals surface area contributed by atoms with E-state index >= 15 is 0 Å². The molecule has 0 saturated heterocycles. The van der Waals surface area contributed by atoms with Crippen molar-refractivity contribution in [2.75, 3.05) is 5.32 Å². The number of thiazole rings is 1. The summed E-state index contributed by atoms with van der Waals surface area (Å²) in [6, 6.07) is 14.6. The van der Waals surface area contributed by atoms with E-state index in [2.05, 4.69) is 10.4 Å². The van der Waals surface area contributed by atoms with E-state index in [4.69, 9.17) is 9.73 Å². The Hall–Kier alpha value is -3.98. The average Bonchev–Trinajstić information content (AvgIpc) is 3.32. The Morgan fingerprint density at radius 3 is 2.67 bits per heavy atom. The maximum Gasteiger partial charge on any atom is 0.270 e. The van der Waals surface area contributed by atoms with E-state index in [9.17, 15) is 9.59 Å². The van der Waals surface area contributed by atoms with Gasteiger partial charge in [-0.25, -0.2) is 4.99 Å². The largest absolute Gasteiger partial charge is 0.465 e. The quantitative estimate of drug-likeness (QED) is 0.469. The Morgan fingerprint density at radius 2 is 1.92 bits per heavy atom. The normalized spacial score (nSPS) is 22.3. The first kappa shape index (κ1) is 22.5. The molecule has 0 fully saturated rings. The third kappa shape index (κ3) is 3.34. The second kappa shape index (κ2) is 8.03. The van der Waals surface area contributed by atoms with E-state index < -0.39 is 17.7 Å². The molecule has 2 aliphatic heterocycles. The summed E-state index contributed by atoms with van der Waals surface area (Å²) < 4.78 is 10.3. The third-order valence-electron chi connectivity index (χ3n) is 7.12. The number of carbonyl (C=O) groups is 1. The zero-order valence-electron chi connectivity index (χ0n) is 20.4. The van der Waals surface area contributed by atoms with Crippen molar-refractivity contribution in [1.82, 2.24) is 14.3 Å². The number of fused-ring (bicyclic) bond motifs is 6. The molecule has 0 radical (unpaired) electrons. The number of anilines is 1. The smallest absolute Gasteiger partial charge is 0.270 e. The highest BCUT2D eigenvalue weighted by Gasteiger charge is 2.55. The number of para-hydroxylation sites is 2. The van der Waals surface area contributed by atoms with Crippen LogP contribution in [0, 0.1) is 19.8 Å². The first-order valence-electron chi connectivity index (χ1n) is 11.7. The molecule has 1 amide bonds.